The number of aromatic nitrogens is 2. The molecule has 0 radical (unpaired) electrons. The summed E-state index contributed by atoms with van der Waals surface area (Å²) in [6, 6.07) is 9.23. The predicted octanol–water partition coefficient (Wildman–Crippen LogP) is 3.53. The van der Waals surface area contributed by atoms with Gasteiger partial charge in [0.1, 0.15) is 0 Å². The van der Waals surface area contributed by atoms with Crippen molar-refractivity contribution in [3.05, 3.63) is 59.7 Å². The van der Waals surface area contributed by atoms with E-state index in [4.69, 9.17) is 0 Å². The summed E-state index contributed by atoms with van der Waals surface area (Å²) in [7, 11) is 0. The van der Waals surface area contributed by atoms with E-state index < -0.39 is 0 Å². The van der Waals surface area contributed by atoms with Crippen molar-refractivity contribution in [1.29, 1.82) is 0 Å². The molecule has 0 spiro atoms. The second kappa shape index (κ2) is 7.15. The van der Waals surface area contributed by atoms with Crippen LogP contribution in [0.15, 0.2) is 42.9 Å². The second-order valence-corrected chi connectivity index (χ2v) is 5.39. The first-order valence-corrected chi connectivity index (χ1v) is 7.27. The molecule has 3 heteroatoms. The molecule has 0 amide bonds. The van der Waals surface area contributed by atoms with Gasteiger partial charge in [-0.2, -0.15) is 0 Å². The molecule has 1 aromatic heterocycles. The summed E-state index contributed by atoms with van der Waals surface area (Å²) in [5.74, 6) is 0.527. The lowest BCUT2D eigenvalue weighted by molar-refractivity contribution is 0.408. The van der Waals surface area contributed by atoms with E-state index in [2.05, 4.69) is 60.3 Å². The van der Waals surface area contributed by atoms with Crippen molar-refractivity contribution < 1.29 is 0 Å². The van der Waals surface area contributed by atoms with Crippen molar-refractivity contribution >= 4 is 0 Å². The Morgan fingerprint density at radius 2 is 1.85 bits per heavy atom. The minimum Gasteiger partial charge on any atom is -0.304 e. The van der Waals surface area contributed by atoms with Crippen LogP contribution in [0.3, 0.4) is 0 Å². The van der Waals surface area contributed by atoms with E-state index in [0.29, 0.717) is 12.0 Å². The Morgan fingerprint density at radius 3 is 2.40 bits per heavy atom. The van der Waals surface area contributed by atoms with Gasteiger partial charge in [0, 0.05) is 31.2 Å². The number of rotatable bonds is 6. The number of benzene rings is 1. The topological polar surface area (TPSA) is 37.8 Å². The van der Waals surface area contributed by atoms with Crippen molar-refractivity contribution in [2.75, 3.05) is 0 Å². The van der Waals surface area contributed by atoms with Crippen LogP contribution >= 0.6 is 0 Å². The van der Waals surface area contributed by atoms with Gasteiger partial charge in [-0.1, -0.05) is 45.0 Å². The van der Waals surface area contributed by atoms with Crippen molar-refractivity contribution in [1.82, 2.24) is 15.3 Å². The van der Waals surface area contributed by atoms with Crippen LogP contribution in [0.4, 0.5) is 0 Å². The Bertz CT molecular complexity index is 506. The number of aryl methyl sites for hydroxylation is 1. The normalized spacial score (nSPS) is 12.6. The summed E-state index contributed by atoms with van der Waals surface area (Å²) in [6.45, 7) is 7.40. The quantitative estimate of drug-likeness (QED) is 0.872. The molecule has 1 heterocycles. The van der Waals surface area contributed by atoms with Crippen molar-refractivity contribution in [2.45, 2.75) is 39.8 Å². The SMILES string of the molecule is CCc1ccc(C(NCc2cnccn2)C(C)C)cc1. The highest BCUT2D eigenvalue weighted by molar-refractivity contribution is 5.25. The number of hydrogen-bond donors (Lipinski definition) is 1. The van der Waals surface area contributed by atoms with Gasteiger partial charge in [-0.05, 0) is 23.5 Å². The summed E-state index contributed by atoms with van der Waals surface area (Å²) >= 11 is 0. The smallest absolute Gasteiger partial charge is 0.0724 e. The monoisotopic (exact) mass is 269 g/mol. The maximum atomic E-state index is 4.31. The highest BCUT2D eigenvalue weighted by atomic mass is 14.9. The van der Waals surface area contributed by atoms with Crippen LogP contribution in [0, 0.1) is 5.92 Å². The summed E-state index contributed by atoms with van der Waals surface area (Å²) in [5.41, 5.74) is 3.69. The molecule has 0 saturated heterocycles. The third-order valence-corrected chi connectivity index (χ3v) is 3.53. The highest BCUT2D eigenvalue weighted by Crippen LogP contribution is 2.22. The van der Waals surface area contributed by atoms with Gasteiger partial charge in [0.2, 0.25) is 0 Å². The minimum absolute atomic E-state index is 0.336. The average Bonchev–Trinajstić information content (AvgIpc) is 2.49. The molecule has 1 atom stereocenters. The molecular weight excluding hydrogens is 246 g/mol. The van der Waals surface area contributed by atoms with E-state index in [1.54, 1.807) is 12.4 Å². The summed E-state index contributed by atoms with van der Waals surface area (Å²) in [6.07, 6.45) is 6.33. The van der Waals surface area contributed by atoms with Gasteiger partial charge >= 0.3 is 0 Å². The first kappa shape index (κ1) is 14.7. The molecule has 1 unspecified atom stereocenters. The summed E-state index contributed by atoms with van der Waals surface area (Å²) in [4.78, 5) is 8.41. The van der Waals surface area contributed by atoms with Crippen LogP contribution in [0.2, 0.25) is 0 Å². The summed E-state index contributed by atoms with van der Waals surface area (Å²) in [5, 5.41) is 3.59. The van der Waals surface area contributed by atoms with Crippen molar-refractivity contribution in [2.24, 2.45) is 5.92 Å². The summed E-state index contributed by atoms with van der Waals surface area (Å²) < 4.78 is 0. The van der Waals surface area contributed by atoms with E-state index in [9.17, 15) is 0 Å². The largest absolute Gasteiger partial charge is 0.304 e. The van der Waals surface area contributed by atoms with Crippen LogP contribution in [0.25, 0.3) is 0 Å². The lowest BCUT2D eigenvalue weighted by Crippen LogP contribution is -2.25. The zero-order chi connectivity index (χ0) is 14.4. The second-order valence-electron chi connectivity index (χ2n) is 5.39. The fraction of sp³-hybridized carbons (Fsp3) is 0.412. The number of nitrogens with one attached hydrogen (secondary N) is 1. The maximum absolute atomic E-state index is 4.31. The van der Waals surface area contributed by atoms with E-state index >= 15 is 0 Å². The van der Waals surface area contributed by atoms with Crippen LogP contribution in [0.5, 0.6) is 0 Å². The lowest BCUT2D eigenvalue weighted by atomic mass is 9.95. The van der Waals surface area contributed by atoms with Crippen LogP contribution in [0.1, 0.15) is 43.6 Å². The van der Waals surface area contributed by atoms with Crippen molar-refractivity contribution in [3.63, 3.8) is 0 Å². The first-order chi connectivity index (χ1) is 9.70. The molecule has 0 fully saturated rings. The Balaban J connectivity index is 2.06. The molecule has 2 rings (SSSR count). The zero-order valence-electron chi connectivity index (χ0n) is 12.5. The highest BCUT2D eigenvalue weighted by Gasteiger charge is 2.15. The average molecular weight is 269 g/mol. The van der Waals surface area contributed by atoms with Gasteiger partial charge in [0.15, 0.2) is 0 Å². The number of nitrogens with zero attached hydrogens (tertiary/aromatic N) is 2. The molecule has 0 aliphatic carbocycles. The minimum atomic E-state index is 0.336. The molecule has 0 aliphatic rings. The third kappa shape index (κ3) is 3.87. The zero-order valence-corrected chi connectivity index (χ0v) is 12.5. The van der Waals surface area contributed by atoms with Gasteiger partial charge in [0.05, 0.1) is 5.69 Å². The van der Waals surface area contributed by atoms with E-state index in [1.807, 2.05) is 6.20 Å². The van der Waals surface area contributed by atoms with Crippen molar-refractivity contribution in [3.8, 4) is 0 Å². The molecule has 20 heavy (non-hydrogen) atoms. The van der Waals surface area contributed by atoms with Crippen LogP contribution < -0.4 is 5.32 Å². The molecule has 2 aromatic rings. The molecule has 0 bridgehead atoms. The molecule has 0 aliphatic heterocycles. The Morgan fingerprint density at radius 1 is 1.10 bits per heavy atom. The standard InChI is InChI=1S/C17H23N3/c1-4-14-5-7-15(8-6-14)17(13(2)3)20-12-16-11-18-9-10-19-16/h5-11,13,17,20H,4,12H2,1-3H3. The van der Waals surface area contributed by atoms with Gasteiger partial charge < -0.3 is 5.32 Å². The molecular formula is C17H23N3. The van der Waals surface area contributed by atoms with Crippen LogP contribution in [-0.2, 0) is 13.0 Å². The fourth-order valence-electron chi connectivity index (χ4n) is 2.33. The lowest BCUT2D eigenvalue weighted by Gasteiger charge is -2.23. The van der Waals surface area contributed by atoms with Gasteiger partial charge in [-0.3, -0.25) is 9.97 Å². The Labute approximate surface area is 121 Å². The Hall–Kier alpha value is -1.74. The van der Waals surface area contributed by atoms with E-state index in [1.165, 1.54) is 11.1 Å². The number of hydrogen-bond acceptors (Lipinski definition) is 3. The molecule has 1 aromatic carbocycles. The van der Waals surface area contributed by atoms with E-state index in [-0.39, 0.29) is 0 Å². The van der Waals surface area contributed by atoms with Gasteiger partial charge in [0.25, 0.3) is 0 Å². The molecule has 3 nitrogen and oxygen atoms in total. The third-order valence-electron chi connectivity index (χ3n) is 3.53. The van der Waals surface area contributed by atoms with E-state index in [0.717, 1.165) is 18.7 Å². The first-order valence-electron chi connectivity index (χ1n) is 7.27. The molecule has 0 saturated carbocycles. The molecule has 106 valence electrons. The fourth-order valence-corrected chi connectivity index (χ4v) is 2.33. The van der Waals surface area contributed by atoms with Crippen LogP contribution in [-0.4, -0.2) is 9.97 Å². The Kier molecular flexibility index (Phi) is 5.24. The molecule has 1 N–H and O–H groups in total. The van der Waals surface area contributed by atoms with Gasteiger partial charge in [-0.25, -0.2) is 0 Å². The maximum Gasteiger partial charge on any atom is 0.0724 e. The van der Waals surface area contributed by atoms with Gasteiger partial charge in [-0.15, -0.1) is 0 Å². The predicted molar refractivity (Wildman–Crippen MR) is 82.3 cm³/mol.